The van der Waals surface area contributed by atoms with Crippen LogP contribution in [0.1, 0.15) is 76.7 Å². The van der Waals surface area contributed by atoms with Crippen LogP contribution in [0.5, 0.6) is 5.75 Å². The Kier molecular flexibility index (Phi) is 10.8. The van der Waals surface area contributed by atoms with Gasteiger partial charge < -0.3 is 14.6 Å². The molecule has 5 heteroatoms. The number of esters is 1. The van der Waals surface area contributed by atoms with E-state index in [1.54, 1.807) is 0 Å². The molecule has 0 spiro atoms. The van der Waals surface area contributed by atoms with E-state index in [1.807, 2.05) is 18.2 Å². The predicted octanol–water partition coefficient (Wildman–Crippen LogP) is 6.86. The first-order valence-electron chi connectivity index (χ1n) is 11.2. The van der Waals surface area contributed by atoms with Crippen molar-refractivity contribution in [1.29, 1.82) is 0 Å². The number of aromatic amines is 1. The summed E-state index contributed by atoms with van der Waals surface area (Å²) in [4.78, 5) is 17.9. The highest BCUT2D eigenvalue weighted by molar-refractivity contribution is 9.10. The number of halogens is 1. The maximum Gasteiger partial charge on any atom is 0.311 e. The van der Waals surface area contributed by atoms with Gasteiger partial charge in [-0.2, -0.15) is 0 Å². The van der Waals surface area contributed by atoms with Crippen molar-refractivity contribution in [2.24, 2.45) is 0 Å². The molecule has 4 nitrogen and oxygen atoms in total. The van der Waals surface area contributed by atoms with E-state index in [9.17, 15) is 4.79 Å². The van der Waals surface area contributed by atoms with Gasteiger partial charge in [-0.3, -0.25) is 4.79 Å². The van der Waals surface area contributed by atoms with Crippen LogP contribution >= 0.6 is 15.9 Å². The molecule has 0 bridgehead atoms. The quantitative estimate of drug-likeness (QED) is 0.188. The van der Waals surface area contributed by atoms with E-state index in [0.29, 0.717) is 12.2 Å². The molecule has 1 aromatic heterocycles. The molecule has 0 saturated carbocycles. The van der Waals surface area contributed by atoms with E-state index in [4.69, 9.17) is 4.74 Å². The van der Waals surface area contributed by atoms with Crippen molar-refractivity contribution < 1.29 is 9.53 Å². The number of unbranched alkanes of at least 4 members (excludes halogenated alkanes) is 8. The van der Waals surface area contributed by atoms with Gasteiger partial charge in [-0.05, 0) is 60.6 Å². The number of H-pyrrole nitrogens is 1. The standard InChI is InChI=1S/C24H37BrN2O2/c1-4-5-6-7-8-9-10-11-12-16-22(28)29-21-15-13-14-20-23(21)19(24(25)26-20)17-18-27(2)3/h13-15,26H,4-12,16-18H2,1-3H3. The molecular weight excluding hydrogens is 428 g/mol. The molecule has 0 amide bonds. The lowest BCUT2D eigenvalue weighted by Crippen LogP contribution is -2.15. The van der Waals surface area contributed by atoms with Crippen molar-refractivity contribution >= 4 is 32.8 Å². The largest absolute Gasteiger partial charge is 0.426 e. The number of aromatic nitrogens is 1. The first-order chi connectivity index (χ1) is 14.0. The Morgan fingerprint density at radius 2 is 1.69 bits per heavy atom. The minimum Gasteiger partial charge on any atom is -0.426 e. The summed E-state index contributed by atoms with van der Waals surface area (Å²) in [5.41, 5.74) is 2.17. The monoisotopic (exact) mass is 464 g/mol. The maximum atomic E-state index is 12.4. The molecule has 0 radical (unpaired) electrons. The van der Waals surface area contributed by atoms with Gasteiger partial charge >= 0.3 is 5.97 Å². The van der Waals surface area contributed by atoms with Gasteiger partial charge in [0.25, 0.3) is 0 Å². The summed E-state index contributed by atoms with van der Waals surface area (Å²) < 4.78 is 6.74. The topological polar surface area (TPSA) is 45.3 Å². The molecule has 0 aliphatic rings. The molecule has 2 rings (SSSR count). The molecule has 2 aromatic rings. The van der Waals surface area contributed by atoms with Crippen LogP contribution in [-0.2, 0) is 11.2 Å². The van der Waals surface area contributed by atoms with E-state index >= 15 is 0 Å². The molecule has 0 unspecified atom stereocenters. The van der Waals surface area contributed by atoms with Gasteiger partial charge in [0.15, 0.2) is 0 Å². The highest BCUT2D eigenvalue weighted by Gasteiger charge is 2.16. The molecule has 0 fully saturated rings. The average molecular weight is 465 g/mol. The van der Waals surface area contributed by atoms with Gasteiger partial charge in [0.2, 0.25) is 0 Å². The van der Waals surface area contributed by atoms with E-state index in [1.165, 1.54) is 50.5 Å². The Hall–Kier alpha value is -1.33. The van der Waals surface area contributed by atoms with Gasteiger partial charge in [0.1, 0.15) is 5.75 Å². The summed E-state index contributed by atoms with van der Waals surface area (Å²) in [5.74, 6) is 0.537. The molecule has 1 aromatic carbocycles. The van der Waals surface area contributed by atoms with E-state index in [2.05, 4.69) is 46.8 Å². The normalized spacial score (nSPS) is 11.5. The zero-order chi connectivity index (χ0) is 21.1. The van der Waals surface area contributed by atoms with Crippen LogP contribution in [0.25, 0.3) is 10.9 Å². The zero-order valence-corrected chi connectivity index (χ0v) is 19.9. The maximum absolute atomic E-state index is 12.4. The number of rotatable bonds is 14. The van der Waals surface area contributed by atoms with Gasteiger partial charge in [0, 0.05) is 18.4 Å². The molecule has 0 atom stereocenters. The second-order valence-electron chi connectivity index (χ2n) is 8.20. The average Bonchev–Trinajstić information content (AvgIpc) is 3.01. The summed E-state index contributed by atoms with van der Waals surface area (Å²) >= 11 is 3.63. The number of ether oxygens (including phenoxy) is 1. The van der Waals surface area contributed by atoms with Crippen LogP contribution in [0.4, 0.5) is 0 Å². The van der Waals surface area contributed by atoms with Gasteiger partial charge in [0.05, 0.1) is 10.1 Å². The first-order valence-corrected chi connectivity index (χ1v) is 12.0. The molecule has 1 heterocycles. The van der Waals surface area contributed by atoms with Gasteiger partial charge in [-0.1, -0.05) is 64.4 Å². The van der Waals surface area contributed by atoms with Crippen molar-refractivity contribution in [2.75, 3.05) is 20.6 Å². The molecular formula is C24H37BrN2O2. The number of benzene rings is 1. The molecule has 0 saturated heterocycles. The Labute approximate surface area is 184 Å². The lowest BCUT2D eigenvalue weighted by molar-refractivity contribution is -0.134. The third kappa shape index (κ3) is 8.13. The van der Waals surface area contributed by atoms with Crippen molar-refractivity contribution in [2.45, 2.75) is 77.6 Å². The second kappa shape index (κ2) is 13.1. The van der Waals surface area contributed by atoms with Crippen molar-refractivity contribution in [1.82, 2.24) is 9.88 Å². The third-order valence-electron chi connectivity index (χ3n) is 5.35. The van der Waals surface area contributed by atoms with Crippen LogP contribution < -0.4 is 4.74 Å². The van der Waals surface area contributed by atoms with Crippen molar-refractivity contribution in [3.8, 4) is 5.75 Å². The van der Waals surface area contributed by atoms with E-state index < -0.39 is 0 Å². The SMILES string of the molecule is CCCCCCCCCCCC(=O)Oc1cccc2[nH]c(Br)c(CCN(C)C)c12. The summed E-state index contributed by atoms with van der Waals surface area (Å²) in [7, 11) is 4.13. The Morgan fingerprint density at radius 3 is 2.34 bits per heavy atom. The summed E-state index contributed by atoms with van der Waals surface area (Å²) in [6.07, 6.45) is 12.6. The minimum absolute atomic E-state index is 0.128. The molecule has 29 heavy (non-hydrogen) atoms. The molecule has 162 valence electrons. The number of nitrogens with one attached hydrogen (secondary N) is 1. The number of likely N-dealkylation sites (N-methyl/N-ethyl adjacent to an activating group) is 1. The van der Waals surface area contributed by atoms with Crippen LogP contribution in [-0.4, -0.2) is 36.5 Å². The highest BCUT2D eigenvalue weighted by atomic mass is 79.9. The lowest BCUT2D eigenvalue weighted by Gasteiger charge is -2.11. The van der Waals surface area contributed by atoms with Crippen molar-refractivity contribution in [3.63, 3.8) is 0 Å². The lowest BCUT2D eigenvalue weighted by atomic mass is 10.1. The van der Waals surface area contributed by atoms with Gasteiger partial charge in [-0.25, -0.2) is 0 Å². The summed E-state index contributed by atoms with van der Waals surface area (Å²) in [6, 6.07) is 5.86. The Morgan fingerprint density at radius 1 is 1.03 bits per heavy atom. The van der Waals surface area contributed by atoms with Crippen LogP contribution in [0.2, 0.25) is 0 Å². The highest BCUT2D eigenvalue weighted by Crippen LogP contribution is 2.34. The second-order valence-corrected chi connectivity index (χ2v) is 9.00. The number of carbonyl (C=O) groups is 1. The Bertz CT molecular complexity index is 755. The number of nitrogens with zero attached hydrogens (tertiary/aromatic N) is 1. The number of hydrogen-bond donors (Lipinski definition) is 1. The minimum atomic E-state index is -0.128. The van der Waals surface area contributed by atoms with E-state index in [0.717, 1.165) is 41.3 Å². The van der Waals surface area contributed by atoms with E-state index in [-0.39, 0.29) is 5.97 Å². The van der Waals surface area contributed by atoms with Gasteiger partial charge in [-0.15, -0.1) is 0 Å². The van der Waals surface area contributed by atoms with Crippen LogP contribution in [0.3, 0.4) is 0 Å². The smallest absolute Gasteiger partial charge is 0.311 e. The summed E-state index contributed by atoms with van der Waals surface area (Å²) in [6.45, 7) is 3.19. The fourth-order valence-electron chi connectivity index (χ4n) is 3.66. The Balaban J connectivity index is 1.82. The number of fused-ring (bicyclic) bond motifs is 1. The number of carbonyl (C=O) groups excluding carboxylic acids is 1. The van der Waals surface area contributed by atoms with Crippen LogP contribution in [0, 0.1) is 0 Å². The fourth-order valence-corrected chi connectivity index (χ4v) is 4.27. The van der Waals surface area contributed by atoms with Crippen molar-refractivity contribution in [3.05, 3.63) is 28.4 Å². The third-order valence-corrected chi connectivity index (χ3v) is 6.03. The molecule has 1 N–H and O–H groups in total. The van der Waals surface area contributed by atoms with Crippen LogP contribution in [0.15, 0.2) is 22.8 Å². The zero-order valence-electron chi connectivity index (χ0n) is 18.4. The fraction of sp³-hybridized carbons (Fsp3) is 0.625. The summed E-state index contributed by atoms with van der Waals surface area (Å²) in [5, 5.41) is 1.02. The first kappa shape index (κ1) is 23.9. The molecule has 0 aliphatic heterocycles. The molecule has 0 aliphatic carbocycles. The number of hydrogen-bond acceptors (Lipinski definition) is 3. The predicted molar refractivity (Wildman–Crippen MR) is 126 cm³/mol.